The van der Waals surface area contributed by atoms with Crippen LogP contribution in [0.5, 0.6) is 11.5 Å². The third kappa shape index (κ3) is 4.83. The molecule has 0 aliphatic carbocycles. The molecule has 0 saturated carbocycles. The zero-order valence-corrected chi connectivity index (χ0v) is 21.6. The number of sulfonamides is 1. The Hall–Kier alpha value is -4.32. The van der Waals surface area contributed by atoms with Crippen molar-refractivity contribution in [2.75, 3.05) is 4.72 Å². The monoisotopic (exact) mass is 558 g/mol. The summed E-state index contributed by atoms with van der Waals surface area (Å²) in [6.07, 6.45) is -2.60. The van der Waals surface area contributed by atoms with Crippen LogP contribution < -0.4 is 14.2 Å². The number of hydrogen-bond donors (Lipinski definition) is 2. The van der Waals surface area contributed by atoms with Gasteiger partial charge in [0, 0.05) is 23.2 Å². The number of hydrogen-bond acceptors (Lipinski definition) is 6. The summed E-state index contributed by atoms with van der Waals surface area (Å²) in [7, 11) is -4.43. The van der Waals surface area contributed by atoms with Gasteiger partial charge in [-0.05, 0) is 46.9 Å². The fourth-order valence-electron chi connectivity index (χ4n) is 4.36. The maximum atomic E-state index is 14.8. The third-order valence-electron chi connectivity index (χ3n) is 6.13. The normalized spacial score (nSPS) is 14.4. The molecule has 0 atom stereocenters. The number of benzene rings is 3. The highest BCUT2D eigenvalue weighted by molar-refractivity contribution is 7.92. The molecule has 3 aromatic carbocycles. The van der Waals surface area contributed by atoms with Crippen molar-refractivity contribution >= 4 is 32.6 Å². The van der Waals surface area contributed by atoms with Crippen LogP contribution in [0.15, 0.2) is 65.7 Å². The number of aromatic nitrogens is 1. The van der Waals surface area contributed by atoms with Crippen LogP contribution in [0.1, 0.15) is 36.7 Å². The van der Waals surface area contributed by atoms with E-state index in [0.717, 1.165) is 18.2 Å². The first-order valence-electron chi connectivity index (χ1n) is 11.5. The van der Waals surface area contributed by atoms with Crippen LogP contribution in [0.4, 0.5) is 18.9 Å². The number of anilines is 1. The molecule has 2 heterocycles. The molecule has 0 unspecified atom stereocenters. The number of nitrogens with one attached hydrogen (secondary N) is 1. The lowest BCUT2D eigenvalue weighted by atomic mass is 9.87. The molecular weight excluding hydrogens is 537 g/mol. The SMILES string of the molecule is CC(C)(C)c1ccc(S(=O)(=O)Nc2cc3c(cc2-c2ccc(C(=O)O)c4ncccc24)OC(F)(F)O3)cc1F. The molecule has 5 rings (SSSR count). The van der Waals surface area contributed by atoms with Crippen molar-refractivity contribution in [3.05, 3.63) is 77.7 Å². The van der Waals surface area contributed by atoms with E-state index in [4.69, 9.17) is 0 Å². The van der Waals surface area contributed by atoms with Gasteiger partial charge in [-0.2, -0.15) is 0 Å². The molecule has 2 N–H and O–H groups in total. The summed E-state index contributed by atoms with van der Waals surface area (Å²) in [6, 6.07) is 11.4. The van der Waals surface area contributed by atoms with Crippen LogP contribution in [0, 0.1) is 5.82 Å². The van der Waals surface area contributed by atoms with E-state index in [-0.39, 0.29) is 33.6 Å². The van der Waals surface area contributed by atoms with Crippen molar-refractivity contribution in [1.29, 1.82) is 0 Å². The van der Waals surface area contributed by atoms with Gasteiger partial charge in [0.05, 0.1) is 21.7 Å². The first-order chi connectivity index (χ1) is 18.2. The van der Waals surface area contributed by atoms with Crippen LogP contribution in [0.3, 0.4) is 0 Å². The zero-order chi connectivity index (χ0) is 28.3. The van der Waals surface area contributed by atoms with Crippen molar-refractivity contribution in [3.63, 3.8) is 0 Å². The van der Waals surface area contributed by atoms with Gasteiger partial charge in [-0.1, -0.05) is 39.0 Å². The largest absolute Gasteiger partial charge is 0.586 e. The number of carbonyl (C=O) groups is 1. The summed E-state index contributed by atoms with van der Waals surface area (Å²) in [6.45, 7) is 5.34. The second kappa shape index (κ2) is 8.87. The maximum Gasteiger partial charge on any atom is 0.586 e. The lowest BCUT2D eigenvalue weighted by molar-refractivity contribution is -0.286. The Morgan fingerprint density at radius 1 is 1.00 bits per heavy atom. The predicted molar refractivity (Wildman–Crippen MR) is 136 cm³/mol. The first kappa shape index (κ1) is 26.3. The standard InChI is InChI=1S/C27H21F3N2O6S/c1-26(2,3)19-9-6-14(11-20(19)28)39(35,36)32-21-13-23-22(37-27(29,30)38-23)12-18(21)15-7-8-17(25(33)34)24-16(15)5-4-10-31-24/h4-13,32H,1-3H3,(H,33,34). The Balaban J connectivity index is 1.68. The van der Waals surface area contributed by atoms with E-state index < -0.39 is 44.2 Å². The molecule has 1 aliphatic heterocycles. The second-order valence-electron chi connectivity index (χ2n) is 9.87. The number of fused-ring (bicyclic) bond motifs is 2. The Morgan fingerprint density at radius 2 is 1.69 bits per heavy atom. The highest BCUT2D eigenvalue weighted by Crippen LogP contribution is 2.48. The molecule has 0 radical (unpaired) electrons. The Bertz CT molecular complexity index is 1770. The summed E-state index contributed by atoms with van der Waals surface area (Å²) in [5.74, 6) is -2.76. The average Bonchev–Trinajstić information content (AvgIpc) is 3.14. The molecule has 1 aromatic heterocycles. The number of nitrogens with zero attached hydrogens (tertiary/aromatic N) is 1. The van der Waals surface area contributed by atoms with Gasteiger partial charge in [-0.25, -0.2) is 17.6 Å². The molecular formula is C27H21F3N2O6S. The molecule has 202 valence electrons. The van der Waals surface area contributed by atoms with E-state index in [1.807, 2.05) is 0 Å². The molecule has 12 heteroatoms. The predicted octanol–water partition coefficient (Wildman–Crippen LogP) is 6.16. The highest BCUT2D eigenvalue weighted by atomic mass is 32.2. The van der Waals surface area contributed by atoms with Gasteiger partial charge < -0.3 is 14.6 Å². The Labute approximate surface area is 221 Å². The molecule has 0 amide bonds. The van der Waals surface area contributed by atoms with Crippen LogP contribution in [-0.4, -0.2) is 30.8 Å². The van der Waals surface area contributed by atoms with Crippen molar-refractivity contribution in [2.24, 2.45) is 0 Å². The number of pyridine rings is 1. The number of aromatic carboxylic acids is 1. The van der Waals surface area contributed by atoms with E-state index in [9.17, 15) is 31.5 Å². The van der Waals surface area contributed by atoms with E-state index in [1.54, 1.807) is 32.9 Å². The van der Waals surface area contributed by atoms with E-state index in [2.05, 4.69) is 19.2 Å². The lowest BCUT2D eigenvalue weighted by Gasteiger charge is -2.20. The molecule has 0 saturated heterocycles. The van der Waals surface area contributed by atoms with Crippen LogP contribution in [0.2, 0.25) is 0 Å². The number of carboxylic acids is 1. The van der Waals surface area contributed by atoms with Gasteiger partial charge in [0.25, 0.3) is 10.0 Å². The van der Waals surface area contributed by atoms with Gasteiger partial charge in [0.2, 0.25) is 0 Å². The van der Waals surface area contributed by atoms with Crippen molar-refractivity contribution in [3.8, 4) is 22.6 Å². The maximum absolute atomic E-state index is 14.8. The van der Waals surface area contributed by atoms with Gasteiger partial charge in [0.15, 0.2) is 11.5 Å². The van der Waals surface area contributed by atoms with Crippen LogP contribution in [0.25, 0.3) is 22.0 Å². The fraction of sp³-hybridized carbons (Fsp3) is 0.185. The highest BCUT2D eigenvalue weighted by Gasteiger charge is 2.44. The topological polar surface area (TPSA) is 115 Å². The molecule has 1 aliphatic rings. The Kier molecular flexibility index (Phi) is 5.98. The third-order valence-corrected chi connectivity index (χ3v) is 7.50. The van der Waals surface area contributed by atoms with Gasteiger partial charge in [-0.15, -0.1) is 8.78 Å². The minimum absolute atomic E-state index is 0.0698. The van der Waals surface area contributed by atoms with Crippen LogP contribution in [-0.2, 0) is 15.4 Å². The van der Waals surface area contributed by atoms with Gasteiger partial charge in [-0.3, -0.25) is 9.71 Å². The summed E-state index contributed by atoms with van der Waals surface area (Å²) in [4.78, 5) is 15.5. The lowest BCUT2D eigenvalue weighted by Crippen LogP contribution is -2.25. The number of ether oxygens (including phenoxy) is 2. The summed E-state index contributed by atoms with van der Waals surface area (Å²) in [5, 5.41) is 9.88. The van der Waals surface area contributed by atoms with Crippen LogP contribution >= 0.6 is 0 Å². The smallest absolute Gasteiger partial charge is 0.478 e. The molecule has 4 aromatic rings. The van der Waals surface area contributed by atoms with Gasteiger partial charge in [0.1, 0.15) is 5.82 Å². The number of carboxylic acid groups (broad SMARTS) is 1. The zero-order valence-electron chi connectivity index (χ0n) is 20.8. The molecule has 8 nitrogen and oxygen atoms in total. The molecule has 0 bridgehead atoms. The number of alkyl halides is 2. The number of rotatable bonds is 5. The van der Waals surface area contributed by atoms with Crippen molar-refractivity contribution in [1.82, 2.24) is 4.98 Å². The molecule has 0 spiro atoms. The minimum atomic E-state index is -4.43. The quantitative estimate of drug-likeness (QED) is 0.302. The first-order valence-corrected chi connectivity index (χ1v) is 13.0. The molecule has 39 heavy (non-hydrogen) atoms. The van der Waals surface area contributed by atoms with E-state index in [1.165, 1.54) is 30.5 Å². The van der Waals surface area contributed by atoms with E-state index in [0.29, 0.717) is 10.9 Å². The van der Waals surface area contributed by atoms with Crippen molar-refractivity contribution in [2.45, 2.75) is 37.4 Å². The van der Waals surface area contributed by atoms with Gasteiger partial charge >= 0.3 is 12.3 Å². The Morgan fingerprint density at radius 3 is 2.33 bits per heavy atom. The summed E-state index contributed by atoms with van der Waals surface area (Å²) >= 11 is 0. The summed E-state index contributed by atoms with van der Waals surface area (Å²) < 4.78 is 80.7. The fourth-order valence-corrected chi connectivity index (χ4v) is 5.44. The molecule has 0 fully saturated rings. The summed E-state index contributed by atoms with van der Waals surface area (Å²) in [5.41, 5.74) is -0.130. The average molecular weight is 559 g/mol. The minimum Gasteiger partial charge on any atom is -0.478 e. The van der Waals surface area contributed by atoms with Crippen molar-refractivity contribution < 1.29 is 41.0 Å². The number of halogens is 3. The van der Waals surface area contributed by atoms with E-state index >= 15 is 0 Å². The second-order valence-corrected chi connectivity index (χ2v) is 11.6.